The number of ether oxygens (including phenoxy) is 1. The summed E-state index contributed by atoms with van der Waals surface area (Å²) in [6.07, 6.45) is 2.35. The van der Waals surface area contributed by atoms with Gasteiger partial charge in [-0.25, -0.2) is 0 Å². The third kappa shape index (κ3) is 4.37. The quantitative estimate of drug-likeness (QED) is 0.749. The predicted molar refractivity (Wildman–Crippen MR) is 105 cm³/mol. The predicted octanol–water partition coefficient (Wildman–Crippen LogP) is 3.73. The number of hydrogen-bond donors (Lipinski definition) is 2. The van der Waals surface area contributed by atoms with Gasteiger partial charge in [0.1, 0.15) is 11.5 Å². The molecule has 2 aromatic rings. The second-order valence-corrected chi connectivity index (χ2v) is 7.32. The molecular formula is C20H23BrN2O3. The lowest BCUT2D eigenvalue weighted by Crippen LogP contribution is -2.36. The maximum atomic E-state index is 12.5. The van der Waals surface area contributed by atoms with Gasteiger partial charge in [-0.05, 0) is 61.8 Å². The molecule has 1 amide bonds. The zero-order valence-electron chi connectivity index (χ0n) is 14.7. The molecule has 0 radical (unpaired) electrons. The second kappa shape index (κ2) is 8.56. The van der Waals surface area contributed by atoms with Gasteiger partial charge in [0.05, 0.1) is 18.7 Å². The fourth-order valence-electron chi connectivity index (χ4n) is 3.32. The molecule has 1 aliphatic rings. The molecule has 0 saturated carbocycles. The van der Waals surface area contributed by atoms with Gasteiger partial charge in [0, 0.05) is 11.0 Å². The summed E-state index contributed by atoms with van der Waals surface area (Å²) < 4.78 is 5.97. The number of rotatable bonds is 6. The first-order valence-corrected chi connectivity index (χ1v) is 9.52. The largest absolute Gasteiger partial charge is 0.507 e. The van der Waals surface area contributed by atoms with Gasteiger partial charge >= 0.3 is 0 Å². The van der Waals surface area contributed by atoms with Crippen LogP contribution in [0, 0.1) is 0 Å². The van der Waals surface area contributed by atoms with E-state index in [-0.39, 0.29) is 23.3 Å². The number of amides is 1. The normalized spacial score (nSPS) is 15.6. The number of carbonyl (C=O) groups excluding carboxylic acids is 1. The van der Waals surface area contributed by atoms with Crippen molar-refractivity contribution in [1.82, 2.24) is 10.2 Å². The maximum Gasteiger partial charge on any atom is 0.255 e. The first-order chi connectivity index (χ1) is 12.6. The van der Waals surface area contributed by atoms with Gasteiger partial charge in [0.15, 0.2) is 0 Å². The topological polar surface area (TPSA) is 61.8 Å². The van der Waals surface area contributed by atoms with Crippen LogP contribution in [0.5, 0.6) is 11.5 Å². The Morgan fingerprint density at radius 1 is 1.23 bits per heavy atom. The molecule has 2 aromatic carbocycles. The summed E-state index contributed by atoms with van der Waals surface area (Å²) in [6.45, 7) is 2.53. The Morgan fingerprint density at radius 3 is 2.54 bits per heavy atom. The molecule has 138 valence electrons. The van der Waals surface area contributed by atoms with Crippen LogP contribution >= 0.6 is 15.9 Å². The Kier molecular flexibility index (Phi) is 6.16. The molecule has 0 aliphatic carbocycles. The van der Waals surface area contributed by atoms with Crippen molar-refractivity contribution >= 4 is 21.8 Å². The molecule has 0 bridgehead atoms. The van der Waals surface area contributed by atoms with E-state index in [2.05, 4.69) is 26.1 Å². The van der Waals surface area contributed by atoms with E-state index in [9.17, 15) is 9.90 Å². The molecule has 1 saturated heterocycles. The SMILES string of the molecule is COc1ccc(C(CNC(=O)c2ccc(Br)cc2O)N2CCCC2)cc1. The van der Waals surface area contributed by atoms with E-state index >= 15 is 0 Å². The lowest BCUT2D eigenvalue weighted by atomic mass is 10.0. The summed E-state index contributed by atoms with van der Waals surface area (Å²) in [7, 11) is 1.65. The van der Waals surface area contributed by atoms with E-state index in [1.165, 1.54) is 18.9 Å². The minimum absolute atomic E-state index is 0.0287. The lowest BCUT2D eigenvalue weighted by Gasteiger charge is -2.28. The summed E-state index contributed by atoms with van der Waals surface area (Å²) >= 11 is 3.29. The Hall–Kier alpha value is -2.05. The van der Waals surface area contributed by atoms with Crippen LogP contribution < -0.4 is 10.1 Å². The Bertz CT molecular complexity index is 758. The molecule has 0 spiro atoms. The molecule has 1 fully saturated rings. The van der Waals surface area contributed by atoms with Crippen LogP contribution in [0.1, 0.15) is 34.8 Å². The van der Waals surface area contributed by atoms with Crippen molar-refractivity contribution in [3.63, 3.8) is 0 Å². The van der Waals surface area contributed by atoms with Gasteiger partial charge < -0.3 is 15.2 Å². The number of halogens is 1. The minimum atomic E-state index is -0.271. The molecular weight excluding hydrogens is 396 g/mol. The monoisotopic (exact) mass is 418 g/mol. The summed E-state index contributed by atoms with van der Waals surface area (Å²) in [5.74, 6) is 0.518. The molecule has 1 heterocycles. The van der Waals surface area contributed by atoms with Crippen molar-refractivity contribution in [1.29, 1.82) is 0 Å². The third-order valence-electron chi connectivity index (χ3n) is 4.74. The Balaban J connectivity index is 1.73. The number of phenols is 1. The number of likely N-dealkylation sites (tertiary alicyclic amines) is 1. The van der Waals surface area contributed by atoms with Crippen LogP contribution in [0.4, 0.5) is 0 Å². The Labute approximate surface area is 162 Å². The number of nitrogens with zero attached hydrogens (tertiary/aromatic N) is 1. The first kappa shape index (κ1) is 18.7. The highest BCUT2D eigenvalue weighted by Crippen LogP contribution is 2.27. The molecule has 2 N–H and O–H groups in total. The molecule has 5 nitrogen and oxygen atoms in total. The van der Waals surface area contributed by atoms with E-state index in [0.717, 1.165) is 28.9 Å². The van der Waals surface area contributed by atoms with Crippen LogP contribution in [-0.2, 0) is 0 Å². The fraction of sp³-hybridized carbons (Fsp3) is 0.350. The molecule has 1 aliphatic heterocycles. The summed E-state index contributed by atoms with van der Waals surface area (Å²) in [4.78, 5) is 14.9. The van der Waals surface area contributed by atoms with Crippen LogP contribution in [0.25, 0.3) is 0 Å². The summed E-state index contributed by atoms with van der Waals surface area (Å²) in [6, 6.07) is 13.0. The van der Waals surface area contributed by atoms with E-state index in [0.29, 0.717) is 6.54 Å². The average Bonchev–Trinajstić information content (AvgIpc) is 3.16. The number of methoxy groups -OCH3 is 1. The average molecular weight is 419 g/mol. The van der Waals surface area contributed by atoms with Gasteiger partial charge in [0.25, 0.3) is 5.91 Å². The highest BCUT2D eigenvalue weighted by Gasteiger charge is 2.24. The van der Waals surface area contributed by atoms with Gasteiger partial charge in [-0.15, -0.1) is 0 Å². The van der Waals surface area contributed by atoms with E-state index < -0.39 is 0 Å². The zero-order chi connectivity index (χ0) is 18.5. The number of nitrogens with one attached hydrogen (secondary N) is 1. The molecule has 0 aromatic heterocycles. The number of phenolic OH excluding ortho intramolecular Hbond substituents is 1. The second-order valence-electron chi connectivity index (χ2n) is 6.40. The molecule has 1 atom stereocenters. The van der Waals surface area contributed by atoms with E-state index in [1.54, 1.807) is 19.2 Å². The highest BCUT2D eigenvalue weighted by molar-refractivity contribution is 9.10. The lowest BCUT2D eigenvalue weighted by molar-refractivity contribution is 0.0935. The highest BCUT2D eigenvalue weighted by atomic mass is 79.9. The van der Waals surface area contributed by atoms with Crippen molar-refractivity contribution in [2.45, 2.75) is 18.9 Å². The van der Waals surface area contributed by atoms with E-state index in [1.807, 2.05) is 24.3 Å². The van der Waals surface area contributed by atoms with Crippen LogP contribution in [-0.4, -0.2) is 42.7 Å². The summed E-state index contributed by atoms with van der Waals surface area (Å²) in [5.41, 5.74) is 1.43. The van der Waals surface area contributed by atoms with Crippen molar-refractivity contribution in [2.75, 3.05) is 26.7 Å². The van der Waals surface area contributed by atoms with Gasteiger partial charge in [-0.3, -0.25) is 9.69 Å². The summed E-state index contributed by atoms with van der Waals surface area (Å²) in [5, 5.41) is 13.0. The van der Waals surface area contributed by atoms with Crippen molar-refractivity contribution in [2.24, 2.45) is 0 Å². The smallest absolute Gasteiger partial charge is 0.255 e. The van der Waals surface area contributed by atoms with Crippen LogP contribution in [0.2, 0.25) is 0 Å². The first-order valence-electron chi connectivity index (χ1n) is 8.73. The van der Waals surface area contributed by atoms with Crippen molar-refractivity contribution < 1.29 is 14.6 Å². The number of hydrogen-bond acceptors (Lipinski definition) is 4. The minimum Gasteiger partial charge on any atom is -0.507 e. The fourth-order valence-corrected chi connectivity index (χ4v) is 3.67. The van der Waals surface area contributed by atoms with Gasteiger partial charge in [0.2, 0.25) is 0 Å². The van der Waals surface area contributed by atoms with Crippen LogP contribution in [0.3, 0.4) is 0 Å². The molecule has 6 heteroatoms. The van der Waals surface area contributed by atoms with Crippen LogP contribution in [0.15, 0.2) is 46.9 Å². The number of aromatic hydroxyl groups is 1. The number of benzene rings is 2. The Morgan fingerprint density at radius 2 is 1.92 bits per heavy atom. The van der Waals surface area contributed by atoms with Gasteiger partial charge in [-0.1, -0.05) is 28.1 Å². The van der Waals surface area contributed by atoms with Crippen molar-refractivity contribution in [3.05, 3.63) is 58.1 Å². The van der Waals surface area contributed by atoms with E-state index in [4.69, 9.17) is 4.74 Å². The van der Waals surface area contributed by atoms with Gasteiger partial charge in [-0.2, -0.15) is 0 Å². The van der Waals surface area contributed by atoms with Crippen molar-refractivity contribution in [3.8, 4) is 11.5 Å². The standard InChI is InChI=1S/C20H23BrN2O3/c1-26-16-7-4-14(5-8-16)18(23-10-2-3-11-23)13-22-20(25)17-9-6-15(21)12-19(17)24/h4-9,12,18,24H,2-3,10-11,13H2,1H3,(H,22,25). The third-order valence-corrected chi connectivity index (χ3v) is 5.24. The molecule has 26 heavy (non-hydrogen) atoms. The number of carbonyl (C=O) groups is 1. The zero-order valence-corrected chi connectivity index (χ0v) is 16.3. The molecule has 3 rings (SSSR count). The maximum absolute atomic E-state index is 12.5. The molecule has 1 unspecified atom stereocenters.